The van der Waals surface area contributed by atoms with Crippen molar-refractivity contribution in [1.82, 2.24) is 5.32 Å². The number of ether oxygens (including phenoxy) is 3. The third kappa shape index (κ3) is 53.9. The van der Waals surface area contributed by atoms with Gasteiger partial charge in [-0.2, -0.15) is 0 Å². The summed E-state index contributed by atoms with van der Waals surface area (Å²) < 4.78 is 16.7. The molecular weight excluding hydrogens is 1090 g/mol. The molecule has 1 amide bonds. The zero-order valence-electron chi connectivity index (χ0n) is 56.7. The van der Waals surface area contributed by atoms with Crippen molar-refractivity contribution in [3.63, 3.8) is 0 Å². The summed E-state index contributed by atoms with van der Waals surface area (Å²) in [6.07, 6.45) is 75.7. The van der Waals surface area contributed by atoms with Crippen molar-refractivity contribution in [3.05, 3.63) is 48.6 Å². The van der Waals surface area contributed by atoms with Gasteiger partial charge in [0.25, 0.3) is 0 Å². The Morgan fingerprint density at radius 3 is 1.21 bits per heavy atom. The summed E-state index contributed by atoms with van der Waals surface area (Å²) in [7, 11) is 0. The molecule has 1 saturated heterocycles. The Labute approximate surface area is 536 Å². The van der Waals surface area contributed by atoms with Gasteiger partial charge in [-0.05, 0) is 77.0 Å². The van der Waals surface area contributed by atoms with Crippen LogP contribution in [0.25, 0.3) is 0 Å². The van der Waals surface area contributed by atoms with Crippen molar-refractivity contribution in [2.24, 2.45) is 0 Å². The number of carbonyl (C=O) groups excluding carboxylic acids is 2. The molecular formula is C76H141NO10. The van der Waals surface area contributed by atoms with Crippen molar-refractivity contribution in [2.45, 2.75) is 403 Å². The van der Waals surface area contributed by atoms with Crippen molar-refractivity contribution >= 4 is 11.9 Å². The number of allylic oxidation sites excluding steroid dienone is 7. The fraction of sp³-hybridized carbons (Fsp3) is 0.868. The molecule has 0 aromatic carbocycles. The number of nitrogens with one attached hydrogen (secondary N) is 1. The van der Waals surface area contributed by atoms with Crippen LogP contribution in [0.1, 0.15) is 361 Å². The Morgan fingerprint density at radius 2 is 0.782 bits per heavy atom. The molecule has 510 valence electrons. The van der Waals surface area contributed by atoms with Gasteiger partial charge in [0, 0.05) is 12.8 Å². The van der Waals surface area contributed by atoms with Crippen LogP contribution in [0.2, 0.25) is 0 Å². The Morgan fingerprint density at radius 1 is 0.425 bits per heavy atom. The van der Waals surface area contributed by atoms with Crippen LogP contribution in [-0.4, -0.2) is 100 Å². The van der Waals surface area contributed by atoms with Crippen LogP contribution in [0.5, 0.6) is 0 Å². The van der Waals surface area contributed by atoms with Crippen LogP contribution in [-0.2, 0) is 23.8 Å². The first-order valence-corrected chi connectivity index (χ1v) is 37.4. The third-order valence-electron chi connectivity index (χ3n) is 17.7. The molecule has 0 bridgehead atoms. The van der Waals surface area contributed by atoms with E-state index in [9.17, 15) is 35.1 Å². The first-order chi connectivity index (χ1) is 42.7. The van der Waals surface area contributed by atoms with E-state index >= 15 is 0 Å². The lowest BCUT2D eigenvalue weighted by atomic mass is 9.99. The van der Waals surface area contributed by atoms with E-state index < -0.39 is 49.5 Å². The zero-order valence-corrected chi connectivity index (χ0v) is 56.7. The molecule has 1 aliphatic heterocycles. The minimum absolute atomic E-state index is 0.0122. The van der Waals surface area contributed by atoms with Crippen molar-refractivity contribution in [2.75, 3.05) is 19.8 Å². The second kappa shape index (κ2) is 65.1. The lowest BCUT2D eigenvalue weighted by Crippen LogP contribution is -2.60. The smallest absolute Gasteiger partial charge is 0.305 e. The SMILES string of the molecule is CCCCCCC/C=C/CC/C=C/C(O)C(COC1OC(CO)C(O)C(O)C1O)NC(=O)CCCCCCCCCCCCCCCCCCC/C=C\C/C=C\CCCCCCCCCCCCCCCOC(=O)CCCCCCCCCCCCC. The fourth-order valence-corrected chi connectivity index (χ4v) is 11.8. The lowest BCUT2D eigenvalue weighted by molar-refractivity contribution is -0.302. The largest absolute Gasteiger partial charge is 0.466 e. The second-order valence-electron chi connectivity index (χ2n) is 26.0. The summed E-state index contributed by atoms with van der Waals surface area (Å²) in [5.41, 5.74) is 0. The van der Waals surface area contributed by atoms with Crippen molar-refractivity contribution < 1.29 is 49.3 Å². The van der Waals surface area contributed by atoms with E-state index in [0.29, 0.717) is 19.4 Å². The Bertz CT molecular complexity index is 1580. The summed E-state index contributed by atoms with van der Waals surface area (Å²) in [5, 5.41) is 54.4. The number of unbranched alkanes of at least 4 members (excludes halogenated alkanes) is 46. The maximum atomic E-state index is 13.0. The average Bonchev–Trinajstić information content (AvgIpc) is 2.27. The van der Waals surface area contributed by atoms with Gasteiger partial charge in [0.1, 0.15) is 24.4 Å². The van der Waals surface area contributed by atoms with Crippen molar-refractivity contribution in [3.8, 4) is 0 Å². The quantitative estimate of drug-likeness (QED) is 0.0195. The molecule has 0 spiro atoms. The van der Waals surface area contributed by atoms with Crippen LogP contribution in [0.15, 0.2) is 48.6 Å². The molecule has 0 saturated carbocycles. The summed E-state index contributed by atoms with van der Waals surface area (Å²) in [6, 6.07) is -0.825. The third-order valence-corrected chi connectivity index (χ3v) is 17.7. The highest BCUT2D eigenvalue weighted by atomic mass is 16.7. The van der Waals surface area contributed by atoms with E-state index in [0.717, 1.165) is 57.8 Å². The number of esters is 1. The molecule has 7 atom stereocenters. The Kier molecular flexibility index (Phi) is 61.9. The van der Waals surface area contributed by atoms with Crippen LogP contribution < -0.4 is 5.32 Å². The molecule has 1 fully saturated rings. The normalized spacial score (nSPS) is 18.1. The summed E-state index contributed by atoms with van der Waals surface area (Å²) in [6.45, 7) is 4.34. The van der Waals surface area contributed by atoms with E-state index in [1.807, 2.05) is 6.08 Å². The second-order valence-corrected chi connectivity index (χ2v) is 26.0. The predicted octanol–water partition coefficient (Wildman–Crippen LogP) is 19.5. The van der Waals surface area contributed by atoms with Crippen LogP contribution >= 0.6 is 0 Å². The highest BCUT2D eigenvalue weighted by Crippen LogP contribution is 2.23. The topological polar surface area (TPSA) is 175 Å². The number of amides is 1. The standard InChI is InChI=1S/C76H141NO10/c1-3-5-7-9-11-13-42-46-50-54-58-62-69(79)68(67-86-76-75(84)74(83)73(82)70(66-78)87-76)77-71(80)63-59-55-51-47-44-40-38-36-34-32-30-28-26-24-22-20-18-16-15-17-19-21-23-25-27-29-31-33-35-37-39-41-45-49-53-57-61-65-85-72(81)64-60-56-52-48-43-14-12-10-8-6-4-2/h15,17,21,23,42,46,58,62,68-70,73-76,78-79,82-84H,3-14,16,18-20,22,24-41,43-45,47-57,59-61,63-67H2,1-2H3,(H,77,80)/b17-15-,23-21-,46-42+,62-58+. The zero-order chi connectivity index (χ0) is 63.0. The number of hydrogen-bond acceptors (Lipinski definition) is 10. The molecule has 1 aliphatic rings. The minimum atomic E-state index is -1.58. The first-order valence-electron chi connectivity index (χ1n) is 37.4. The molecule has 1 heterocycles. The van der Waals surface area contributed by atoms with E-state index in [4.69, 9.17) is 14.2 Å². The van der Waals surface area contributed by atoms with Gasteiger partial charge < -0.3 is 45.1 Å². The Balaban J connectivity index is 1.92. The van der Waals surface area contributed by atoms with Gasteiger partial charge in [-0.25, -0.2) is 0 Å². The summed E-state index contributed by atoms with van der Waals surface area (Å²) in [4.78, 5) is 25.1. The molecule has 11 heteroatoms. The molecule has 87 heavy (non-hydrogen) atoms. The highest BCUT2D eigenvalue weighted by molar-refractivity contribution is 5.76. The molecule has 0 aromatic heterocycles. The first kappa shape index (κ1) is 82.6. The highest BCUT2D eigenvalue weighted by Gasteiger charge is 2.44. The van der Waals surface area contributed by atoms with Gasteiger partial charge in [0.05, 0.1) is 32.0 Å². The van der Waals surface area contributed by atoms with Gasteiger partial charge in [0.2, 0.25) is 5.91 Å². The van der Waals surface area contributed by atoms with Gasteiger partial charge in [0.15, 0.2) is 6.29 Å². The Hall–Kier alpha value is -2.38. The van der Waals surface area contributed by atoms with Crippen LogP contribution in [0.3, 0.4) is 0 Å². The van der Waals surface area contributed by atoms with E-state index in [2.05, 4.69) is 55.6 Å². The maximum absolute atomic E-state index is 13.0. The van der Waals surface area contributed by atoms with E-state index in [1.54, 1.807) is 6.08 Å². The minimum Gasteiger partial charge on any atom is -0.466 e. The molecule has 0 radical (unpaired) electrons. The monoisotopic (exact) mass is 1230 g/mol. The maximum Gasteiger partial charge on any atom is 0.305 e. The number of rotatable bonds is 66. The predicted molar refractivity (Wildman–Crippen MR) is 366 cm³/mol. The number of carbonyl (C=O) groups is 2. The van der Waals surface area contributed by atoms with Gasteiger partial charge in [-0.3, -0.25) is 9.59 Å². The van der Waals surface area contributed by atoms with Gasteiger partial charge in [-0.15, -0.1) is 0 Å². The molecule has 6 N–H and O–H groups in total. The summed E-state index contributed by atoms with van der Waals surface area (Å²) in [5.74, 6) is -0.177. The summed E-state index contributed by atoms with van der Waals surface area (Å²) >= 11 is 0. The van der Waals surface area contributed by atoms with Gasteiger partial charge >= 0.3 is 5.97 Å². The molecule has 1 rings (SSSR count). The fourth-order valence-electron chi connectivity index (χ4n) is 11.8. The molecule has 0 aliphatic carbocycles. The van der Waals surface area contributed by atoms with Gasteiger partial charge in [-0.1, -0.05) is 319 Å². The molecule has 7 unspecified atom stereocenters. The van der Waals surface area contributed by atoms with Crippen LogP contribution in [0, 0.1) is 0 Å². The van der Waals surface area contributed by atoms with E-state index in [-0.39, 0.29) is 18.5 Å². The van der Waals surface area contributed by atoms with Crippen LogP contribution in [0.4, 0.5) is 0 Å². The lowest BCUT2D eigenvalue weighted by Gasteiger charge is -2.40. The van der Waals surface area contributed by atoms with E-state index in [1.165, 1.54) is 276 Å². The molecule has 11 nitrogen and oxygen atoms in total. The number of aliphatic hydroxyl groups excluding tert-OH is 5. The number of hydrogen-bond donors (Lipinski definition) is 6. The van der Waals surface area contributed by atoms with Crippen molar-refractivity contribution in [1.29, 1.82) is 0 Å². The average molecular weight is 1230 g/mol. The molecule has 0 aromatic rings. The number of aliphatic hydroxyl groups is 5.